The molecule has 0 fully saturated rings. The van der Waals surface area contributed by atoms with Crippen molar-refractivity contribution in [3.63, 3.8) is 0 Å². The van der Waals surface area contributed by atoms with E-state index in [1.807, 2.05) is 6.08 Å². The second-order valence-electron chi connectivity index (χ2n) is 8.26. The summed E-state index contributed by atoms with van der Waals surface area (Å²) in [6.45, 7) is 8.64. The molecule has 142 valence electrons. The van der Waals surface area contributed by atoms with Gasteiger partial charge in [-0.05, 0) is 24.0 Å². The Bertz CT molecular complexity index is 444. The molecule has 1 aromatic carbocycles. The summed E-state index contributed by atoms with van der Waals surface area (Å²) in [7, 11) is 4.76. The molecule has 0 atom stereocenters. The van der Waals surface area contributed by atoms with Gasteiger partial charge in [0.2, 0.25) is 0 Å². The van der Waals surface area contributed by atoms with Crippen LogP contribution in [0.5, 0.6) is 0 Å². The molecular weight excluding hydrogens is 302 g/mol. The predicted octanol–water partition coefficient (Wildman–Crippen LogP) is 6.87. The van der Waals surface area contributed by atoms with Gasteiger partial charge in [0.15, 0.2) is 0 Å². The minimum Gasteiger partial charge on any atom is -0.328 e. The van der Waals surface area contributed by atoms with Crippen molar-refractivity contribution in [2.75, 3.05) is 27.2 Å². The lowest BCUT2D eigenvalue weighted by Crippen LogP contribution is -2.42. The summed E-state index contributed by atoms with van der Waals surface area (Å²) < 4.78 is 1.14. The highest BCUT2D eigenvalue weighted by atomic mass is 15.3. The van der Waals surface area contributed by atoms with Gasteiger partial charge < -0.3 is 4.48 Å². The monoisotopic (exact) mass is 344 g/mol. The van der Waals surface area contributed by atoms with Crippen LogP contribution in [-0.2, 0) is 6.42 Å². The molecule has 0 N–H and O–H groups in total. The Labute approximate surface area is 157 Å². The second kappa shape index (κ2) is 13.2. The fraction of sp³-hybridized carbons (Fsp3) is 0.667. The molecule has 0 unspecified atom stereocenters. The molecule has 1 nitrogen and oxygen atoms in total. The van der Waals surface area contributed by atoms with Gasteiger partial charge in [0.1, 0.15) is 0 Å². The summed E-state index contributed by atoms with van der Waals surface area (Å²) in [5.41, 5.74) is 2.66. The standard InChI is InChI=1S/C24H42N/c1-5-7-8-9-10-11-12-13-14-15-21-25(3,4)22-20-24-18-16-23(6-2)17-19-24/h6,16-19H,2,5,7-15,20-22H2,1,3-4H3/q+1. The molecule has 0 radical (unpaired) electrons. The summed E-state index contributed by atoms with van der Waals surface area (Å²) in [5.74, 6) is 0. The SMILES string of the molecule is C=Cc1ccc(CC[N+](C)(C)CCCCCCCCCCCC)cc1. The van der Waals surface area contributed by atoms with Crippen molar-refractivity contribution < 1.29 is 4.48 Å². The first-order valence-corrected chi connectivity index (χ1v) is 10.6. The number of quaternary nitrogens is 1. The van der Waals surface area contributed by atoms with E-state index in [2.05, 4.69) is 51.9 Å². The zero-order valence-electron chi connectivity index (χ0n) is 17.2. The summed E-state index contributed by atoms with van der Waals surface area (Å²) in [6, 6.07) is 8.84. The van der Waals surface area contributed by atoms with Crippen LogP contribution in [-0.4, -0.2) is 31.7 Å². The molecule has 0 saturated heterocycles. The van der Waals surface area contributed by atoms with Crippen LogP contribution in [0.15, 0.2) is 30.8 Å². The highest BCUT2D eigenvalue weighted by Crippen LogP contribution is 2.13. The van der Waals surface area contributed by atoms with Crippen LogP contribution >= 0.6 is 0 Å². The summed E-state index contributed by atoms with van der Waals surface area (Å²) in [5, 5.41) is 0. The van der Waals surface area contributed by atoms with Crippen molar-refractivity contribution in [3.8, 4) is 0 Å². The number of rotatable bonds is 15. The first-order chi connectivity index (χ1) is 12.1. The number of benzene rings is 1. The van der Waals surface area contributed by atoms with Gasteiger partial charge in [-0.25, -0.2) is 0 Å². The second-order valence-corrected chi connectivity index (χ2v) is 8.26. The third-order valence-electron chi connectivity index (χ3n) is 5.34. The highest BCUT2D eigenvalue weighted by molar-refractivity contribution is 5.47. The van der Waals surface area contributed by atoms with E-state index in [4.69, 9.17) is 0 Å². The van der Waals surface area contributed by atoms with Crippen molar-refractivity contribution in [2.24, 2.45) is 0 Å². The van der Waals surface area contributed by atoms with Crippen LogP contribution < -0.4 is 0 Å². The van der Waals surface area contributed by atoms with E-state index in [-0.39, 0.29) is 0 Å². The van der Waals surface area contributed by atoms with E-state index in [1.54, 1.807) is 0 Å². The number of hydrogen-bond donors (Lipinski definition) is 0. The summed E-state index contributed by atoms with van der Waals surface area (Å²) in [4.78, 5) is 0. The zero-order chi connectivity index (χ0) is 18.4. The van der Waals surface area contributed by atoms with Gasteiger partial charge >= 0.3 is 0 Å². The Morgan fingerprint density at radius 3 is 1.80 bits per heavy atom. The van der Waals surface area contributed by atoms with Crippen LogP contribution in [0.2, 0.25) is 0 Å². The third kappa shape index (κ3) is 11.2. The lowest BCUT2D eigenvalue weighted by molar-refractivity contribution is -0.890. The van der Waals surface area contributed by atoms with E-state index < -0.39 is 0 Å². The Kier molecular flexibility index (Phi) is 11.6. The zero-order valence-corrected chi connectivity index (χ0v) is 17.2. The molecule has 1 aromatic rings. The van der Waals surface area contributed by atoms with E-state index in [9.17, 15) is 0 Å². The number of nitrogens with zero attached hydrogens (tertiary/aromatic N) is 1. The van der Waals surface area contributed by atoms with Gasteiger partial charge in [-0.1, -0.05) is 95.2 Å². The first-order valence-electron chi connectivity index (χ1n) is 10.6. The minimum absolute atomic E-state index is 1.14. The van der Waals surface area contributed by atoms with Crippen LogP contribution in [0, 0.1) is 0 Å². The van der Waals surface area contributed by atoms with Crippen molar-refractivity contribution in [2.45, 2.75) is 77.6 Å². The largest absolute Gasteiger partial charge is 0.328 e. The van der Waals surface area contributed by atoms with Crippen molar-refractivity contribution in [3.05, 3.63) is 42.0 Å². The van der Waals surface area contributed by atoms with Crippen molar-refractivity contribution in [1.82, 2.24) is 0 Å². The van der Waals surface area contributed by atoms with Crippen LogP contribution in [0.3, 0.4) is 0 Å². The van der Waals surface area contributed by atoms with Crippen molar-refractivity contribution >= 4 is 6.08 Å². The molecule has 0 aliphatic heterocycles. The van der Waals surface area contributed by atoms with Gasteiger partial charge in [0.05, 0.1) is 27.2 Å². The van der Waals surface area contributed by atoms with Crippen LogP contribution in [0.25, 0.3) is 6.08 Å². The molecule has 1 rings (SSSR count). The maximum Gasteiger partial charge on any atom is 0.0823 e. The third-order valence-corrected chi connectivity index (χ3v) is 5.34. The maximum atomic E-state index is 3.82. The predicted molar refractivity (Wildman–Crippen MR) is 114 cm³/mol. The van der Waals surface area contributed by atoms with Crippen molar-refractivity contribution in [1.29, 1.82) is 0 Å². The van der Waals surface area contributed by atoms with E-state index in [0.717, 1.165) is 4.48 Å². The molecule has 0 aliphatic carbocycles. The Hall–Kier alpha value is -1.08. The topological polar surface area (TPSA) is 0 Å². The molecule has 0 amide bonds. The molecule has 0 aromatic heterocycles. The van der Waals surface area contributed by atoms with Gasteiger partial charge in [0.25, 0.3) is 0 Å². The fourth-order valence-corrected chi connectivity index (χ4v) is 3.39. The van der Waals surface area contributed by atoms with Gasteiger partial charge in [0, 0.05) is 6.42 Å². The lowest BCUT2D eigenvalue weighted by atomic mass is 10.1. The molecule has 1 heteroatoms. The summed E-state index contributed by atoms with van der Waals surface area (Å²) >= 11 is 0. The molecule has 25 heavy (non-hydrogen) atoms. The first kappa shape index (κ1) is 22.0. The highest BCUT2D eigenvalue weighted by Gasteiger charge is 2.14. The lowest BCUT2D eigenvalue weighted by Gasteiger charge is -2.30. The fourth-order valence-electron chi connectivity index (χ4n) is 3.39. The van der Waals surface area contributed by atoms with Gasteiger partial charge in [-0.3, -0.25) is 0 Å². The Balaban J connectivity index is 2.05. The molecule has 0 spiro atoms. The van der Waals surface area contributed by atoms with Gasteiger partial charge in [-0.2, -0.15) is 0 Å². The molecule has 0 bridgehead atoms. The van der Waals surface area contributed by atoms with Crippen LogP contribution in [0.4, 0.5) is 0 Å². The average Bonchev–Trinajstić information content (AvgIpc) is 2.62. The van der Waals surface area contributed by atoms with E-state index in [1.165, 1.54) is 94.8 Å². The Morgan fingerprint density at radius 2 is 1.28 bits per heavy atom. The summed E-state index contributed by atoms with van der Waals surface area (Å²) in [6.07, 6.45) is 17.3. The normalized spacial score (nSPS) is 11.6. The smallest absolute Gasteiger partial charge is 0.0823 e. The Morgan fingerprint density at radius 1 is 0.760 bits per heavy atom. The average molecular weight is 345 g/mol. The minimum atomic E-state index is 1.14. The molecule has 0 heterocycles. The quantitative estimate of drug-likeness (QED) is 0.240. The molecule has 0 aliphatic rings. The van der Waals surface area contributed by atoms with E-state index in [0.29, 0.717) is 0 Å². The number of likely N-dealkylation sites (N-methyl/N-ethyl adjacent to an activating group) is 1. The number of hydrogen-bond acceptors (Lipinski definition) is 0. The molecular formula is C24H42N+. The van der Waals surface area contributed by atoms with E-state index >= 15 is 0 Å². The maximum absolute atomic E-state index is 3.82. The van der Waals surface area contributed by atoms with Gasteiger partial charge in [-0.15, -0.1) is 0 Å². The number of unbranched alkanes of at least 4 members (excludes halogenated alkanes) is 9. The molecule has 0 saturated carbocycles. The van der Waals surface area contributed by atoms with Crippen LogP contribution in [0.1, 0.15) is 82.3 Å².